The van der Waals surface area contributed by atoms with Crippen LogP contribution < -0.4 is 0 Å². The number of rotatable bonds is 5. The highest BCUT2D eigenvalue weighted by molar-refractivity contribution is 6.01. The van der Waals surface area contributed by atoms with Crippen LogP contribution >= 0.6 is 0 Å². The van der Waals surface area contributed by atoms with Gasteiger partial charge in [-0.25, -0.2) is 0 Å². The molecular formula is C19H18O3. The summed E-state index contributed by atoms with van der Waals surface area (Å²) in [6, 6.07) is 7.45. The normalized spacial score (nSPS) is 16.9. The molecule has 2 atom stereocenters. The van der Waals surface area contributed by atoms with Gasteiger partial charge in [-0.05, 0) is 23.8 Å². The van der Waals surface area contributed by atoms with Crippen LogP contribution in [-0.2, 0) is 9.53 Å². The summed E-state index contributed by atoms with van der Waals surface area (Å²) in [5.74, 6) is 7.37. The van der Waals surface area contributed by atoms with E-state index in [2.05, 4.69) is 17.8 Å². The fraction of sp³-hybridized carbons (Fsp3) is 0.368. The predicted octanol–water partition coefficient (Wildman–Crippen LogP) is 2.95. The average Bonchev–Trinajstić information content (AvgIpc) is 2.84. The molecule has 0 radical (unpaired) electrons. The van der Waals surface area contributed by atoms with Crippen molar-refractivity contribution in [3.05, 3.63) is 35.4 Å². The Balaban J connectivity index is 1.91. The highest BCUT2D eigenvalue weighted by Crippen LogP contribution is 2.35. The number of hydrogen-bond acceptors (Lipinski definition) is 3. The number of esters is 1. The Morgan fingerprint density at radius 3 is 2.95 bits per heavy atom. The monoisotopic (exact) mass is 294 g/mol. The van der Waals surface area contributed by atoms with Crippen LogP contribution in [0.15, 0.2) is 24.3 Å². The van der Waals surface area contributed by atoms with Gasteiger partial charge >= 0.3 is 5.97 Å². The number of ether oxygens (including phenoxy) is 1. The summed E-state index contributed by atoms with van der Waals surface area (Å²) in [5, 5.41) is 0. The zero-order valence-electron chi connectivity index (χ0n) is 12.6. The standard InChI is InChI=1S/C19H18O3/c1-3-5-8-14(4-2)13-22-19(21)12-15-11-18(20)17-10-7-6-9-16(15)17/h1,6-7,9-10,14-15H,4,11-13H2,2H3. The van der Waals surface area contributed by atoms with E-state index in [1.807, 2.05) is 31.2 Å². The Kier molecular flexibility index (Phi) is 5.39. The fourth-order valence-corrected chi connectivity index (χ4v) is 2.59. The average molecular weight is 294 g/mol. The number of ketones is 1. The molecule has 1 aromatic rings. The SMILES string of the molecule is C#CC#CC(CC)COC(=O)CC1CC(=O)c2ccccc21. The summed E-state index contributed by atoms with van der Waals surface area (Å²) >= 11 is 0. The highest BCUT2D eigenvalue weighted by Gasteiger charge is 2.30. The van der Waals surface area contributed by atoms with Gasteiger partial charge in [0.05, 0.1) is 12.3 Å². The summed E-state index contributed by atoms with van der Waals surface area (Å²) < 4.78 is 5.28. The van der Waals surface area contributed by atoms with Crippen molar-refractivity contribution in [3.8, 4) is 24.2 Å². The number of terminal acetylenes is 1. The Labute approximate surface area is 131 Å². The lowest BCUT2D eigenvalue weighted by molar-refractivity contribution is -0.144. The molecule has 0 aliphatic heterocycles. The number of Topliss-reactive ketones (excluding diaryl/α,β-unsaturated/α-hetero) is 1. The molecule has 0 fully saturated rings. The second-order valence-corrected chi connectivity index (χ2v) is 5.32. The van der Waals surface area contributed by atoms with Gasteiger partial charge in [0, 0.05) is 17.9 Å². The van der Waals surface area contributed by atoms with Crippen LogP contribution in [0.3, 0.4) is 0 Å². The van der Waals surface area contributed by atoms with Crippen LogP contribution in [0.25, 0.3) is 0 Å². The van der Waals surface area contributed by atoms with Crippen molar-refractivity contribution in [1.82, 2.24) is 0 Å². The molecule has 0 spiro atoms. The predicted molar refractivity (Wildman–Crippen MR) is 84.1 cm³/mol. The van der Waals surface area contributed by atoms with Gasteiger partial charge in [0.15, 0.2) is 5.78 Å². The number of carbonyl (C=O) groups is 2. The van der Waals surface area contributed by atoms with Gasteiger partial charge in [-0.15, -0.1) is 6.42 Å². The van der Waals surface area contributed by atoms with Crippen LogP contribution in [0, 0.1) is 30.1 Å². The third-order valence-corrected chi connectivity index (χ3v) is 3.83. The second-order valence-electron chi connectivity index (χ2n) is 5.32. The molecule has 3 nitrogen and oxygen atoms in total. The Morgan fingerprint density at radius 1 is 1.45 bits per heavy atom. The topological polar surface area (TPSA) is 43.4 Å². The lowest BCUT2D eigenvalue weighted by Gasteiger charge is -2.12. The molecule has 0 aromatic heterocycles. The maximum Gasteiger partial charge on any atom is 0.306 e. The van der Waals surface area contributed by atoms with Gasteiger partial charge in [0.25, 0.3) is 0 Å². The van der Waals surface area contributed by atoms with E-state index in [4.69, 9.17) is 11.2 Å². The van der Waals surface area contributed by atoms with E-state index in [1.165, 1.54) is 0 Å². The number of fused-ring (bicyclic) bond motifs is 1. The number of carbonyl (C=O) groups excluding carboxylic acids is 2. The van der Waals surface area contributed by atoms with Crippen molar-refractivity contribution in [2.75, 3.05) is 6.61 Å². The summed E-state index contributed by atoms with van der Waals surface area (Å²) in [6.07, 6.45) is 6.46. The van der Waals surface area contributed by atoms with E-state index >= 15 is 0 Å². The molecule has 112 valence electrons. The van der Waals surface area contributed by atoms with Crippen molar-refractivity contribution in [1.29, 1.82) is 0 Å². The lowest BCUT2D eigenvalue weighted by atomic mass is 9.98. The Hall–Kier alpha value is -2.52. The Morgan fingerprint density at radius 2 is 2.23 bits per heavy atom. The lowest BCUT2D eigenvalue weighted by Crippen LogP contribution is -2.14. The molecule has 0 saturated carbocycles. The zero-order chi connectivity index (χ0) is 15.9. The van der Waals surface area contributed by atoms with Crippen molar-refractivity contribution in [2.45, 2.75) is 32.1 Å². The first-order valence-corrected chi connectivity index (χ1v) is 7.39. The molecule has 3 heteroatoms. The van der Waals surface area contributed by atoms with E-state index < -0.39 is 0 Å². The molecule has 1 aliphatic rings. The van der Waals surface area contributed by atoms with Gasteiger partial charge in [0.1, 0.15) is 6.61 Å². The molecule has 0 amide bonds. The summed E-state index contributed by atoms with van der Waals surface area (Å²) in [6.45, 7) is 2.21. The molecule has 2 rings (SSSR count). The summed E-state index contributed by atoms with van der Waals surface area (Å²) in [7, 11) is 0. The van der Waals surface area contributed by atoms with E-state index in [0.29, 0.717) is 6.42 Å². The summed E-state index contributed by atoms with van der Waals surface area (Å²) in [5.41, 5.74) is 1.68. The second kappa shape index (κ2) is 7.48. The molecule has 0 saturated heterocycles. The first-order valence-electron chi connectivity index (χ1n) is 7.39. The minimum atomic E-state index is -0.296. The minimum absolute atomic E-state index is 0.0440. The highest BCUT2D eigenvalue weighted by atomic mass is 16.5. The largest absolute Gasteiger partial charge is 0.464 e. The minimum Gasteiger partial charge on any atom is -0.464 e. The maximum atomic E-state index is 12.0. The van der Waals surface area contributed by atoms with Crippen molar-refractivity contribution in [3.63, 3.8) is 0 Å². The van der Waals surface area contributed by atoms with Crippen LogP contribution in [0.4, 0.5) is 0 Å². The summed E-state index contributed by atoms with van der Waals surface area (Å²) in [4.78, 5) is 23.9. The molecule has 1 aromatic carbocycles. The van der Waals surface area contributed by atoms with E-state index in [0.717, 1.165) is 17.5 Å². The molecule has 22 heavy (non-hydrogen) atoms. The van der Waals surface area contributed by atoms with Gasteiger partial charge in [0.2, 0.25) is 0 Å². The van der Waals surface area contributed by atoms with E-state index in [1.54, 1.807) is 0 Å². The van der Waals surface area contributed by atoms with Gasteiger partial charge in [-0.3, -0.25) is 9.59 Å². The van der Waals surface area contributed by atoms with Crippen LogP contribution in [-0.4, -0.2) is 18.4 Å². The van der Waals surface area contributed by atoms with Crippen LogP contribution in [0.5, 0.6) is 0 Å². The van der Waals surface area contributed by atoms with E-state index in [9.17, 15) is 9.59 Å². The zero-order valence-corrected chi connectivity index (χ0v) is 12.6. The van der Waals surface area contributed by atoms with Crippen molar-refractivity contribution >= 4 is 11.8 Å². The third-order valence-electron chi connectivity index (χ3n) is 3.83. The fourth-order valence-electron chi connectivity index (χ4n) is 2.59. The van der Waals surface area contributed by atoms with E-state index in [-0.39, 0.29) is 36.6 Å². The van der Waals surface area contributed by atoms with Gasteiger partial charge in [-0.2, -0.15) is 0 Å². The quantitative estimate of drug-likeness (QED) is 0.619. The smallest absolute Gasteiger partial charge is 0.306 e. The Bertz CT molecular complexity index is 670. The third kappa shape index (κ3) is 3.77. The van der Waals surface area contributed by atoms with Gasteiger partial charge in [-0.1, -0.05) is 37.1 Å². The van der Waals surface area contributed by atoms with Crippen LogP contribution in [0.2, 0.25) is 0 Å². The van der Waals surface area contributed by atoms with Crippen LogP contribution in [0.1, 0.15) is 48.0 Å². The molecular weight excluding hydrogens is 276 g/mol. The number of benzene rings is 1. The molecule has 2 unspecified atom stereocenters. The first kappa shape index (κ1) is 15.9. The molecule has 0 N–H and O–H groups in total. The van der Waals surface area contributed by atoms with Gasteiger partial charge < -0.3 is 4.74 Å². The molecule has 0 heterocycles. The molecule has 0 bridgehead atoms. The van der Waals surface area contributed by atoms with Crippen molar-refractivity contribution in [2.24, 2.45) is 5.92 Å². The molecule has 1 aliphatic carbocycles. The first-order chi connectivity index (χ1) is 10.7. The number of hydrogen-bond donors (Lipinski definition) is 0. The van der Waals surface area contributed by atoms with Crippen molar-refractivity contribution < 1.29 is 14.3 Å². The maximum absolute atomic E-state index is 12.0.